The van der Waals surface area contributed by atoms with Crippen LogP contribution in [0.4, 0.5) is 17.1 Å². The molecule has 4 nitrogen and oxygen atoms in total. The van der Waals surface area contributed by atoms with E-state index in [0.717, 1.165) is 66.9 Å². The molecule has 0 aliphatic rings. The van der Waals surface area contributed by atoms with E-state index < -0.39 is 0 Å². The third kappa shape index (κ3) is 5.66. The van der Waals surface area contributed by atoms with E-state index in [1.807, 2.05) is 30.3 Å². The number of fused-ring (bicyclic) bond motifs is 6. The van der Waals surface area contributed by atoms with Gasteiger partial charge in [-0.25, -0.2) is 4.98 Å². The predicted molar refractivity (Wildman–Crippen MR) is 237 cm³/mol. The normalized spacial score (nSPS) is 11.5. The highest BCUT2D eigenvalue weighted by Crippen LogP contribution is 2.41. The maximum Gasteiger partial charge on any atom is 0.227 e. The third-order valence-electron chi connectivity index (χ3n) is 11.0. The van der Waals surface area contributed by atoms with Gasteiger partial charge in [0, 0.05) is 50.0 Å². The first-order chi connectivity index (χ1) is 28.3. The fourth-order valence-corrected chi connectivity index (χ4v) is 8.31. The molecule has 0 amide bonds. The van der Waals surface area contributed by atoms with E-state index in [-0.39, 0.29) is 0 Å². The monoisotopic (exact) mass is 729 g/mol. The van der Waals surface area contributed by atoms with Crippen LogP contribution in [0.2, 0.25) is 0 Å². The minimum Gasteiger partial charge on any atom is -0.435 e. The summed E-state index contributed by atoms with van der Waals surface area (Å²) in [5, 5.41) is 4.70. The van der Waals surface area contributed by atoms with Crippen LogP contribution in [0.1, 0.15) is 0 Å². The summed E-state index contributed by atoms with van der Waals surface area (Å²) in [6.07, 6.45) is 0. The zero-order chi connectivity index (χ0) is 37.7. The Morgan fingerprint density at radius 2 is 0.965 bits per heavy atom. The number of para-hydroxylation sites is 2. The van der Waals surface area contributed by atoms with Crippen molar-refractivity contribution >= 4 is 60.7 Å². The summed E-state index contributed by atoms with van der Waals surface area (Å²) in [7, 11) is 0. The van der Waals surface area contributed by atoms with E-state index in [1.165, 1.54) is 27.4 Å². The van der Waals surface area contributed by atoms with Gasteiger partial charge in [0.15, 0.2) is 5.58 Å². The van der Waals surface area contributed by atoms with Crippen LogP contribution in [0.25, 0.3) is 83.1 Å². The molecule has 0 atom stereocenters. The Morgan fingerprint density at radius 3 is 1.65 bits per heavy atom. The minimum absolute atomic E-state index is 0.619. The van der Waals surface area contributed by atoms with Gasteiger partial charge in [-0.2, -0.15) is 0 Å². The second-order valence-corrected chi connectivity index (χ2v) is 14.4. The summed E-state index contributed by atoms with van der Waals surface area (Å²) in [5.41, 5.74) is 13.7. The zero-order valence-electron chi connectivity index (χ0n) is 31.0. The summed E-state index contributed by atoms with van der Waals surface area (Å²) in [4.78, 5) is 7.37. The van der Waals surface area contributed by atoms with Crippen LogP contribution in [0.5, 0.6) is 0 Å². The van der Waals surface area contributed by atoms with E-state index >= 15 is 0 Å². The summed E-state index contributed by atoms with van der Waals surface area (Å²) >= 11 is 0. The van der Waals surface area contributed by atoms with Crippen LogP contribution in [-0.4, -0.2) is 9.55 Å². The molecule has 0 bridgehead atoms. The van der Waals surface area contributed by atoms with Gasteiger partial charge in [-0.1, -0.05) is 133 Å². The molecule has 57 heavy (non-hydrogen) atoms. The first-order valence-corrected chi connectivity index (χ1v) is 19.3. The molecule has 0 saturated carbocycles. The van der Waals surface area contributed by atoms with E-state index in [0.29, 0.717) is 5.89 Å². The summed E-state index contributed by atoms with van der Waals surface area (Å²) < 4.78 is 8.95. The predicted octanol–water partition coefficient (Wildman–Crippen LogP) is 14.5. The molecule has 0 aliphatic carbocycles. The first kappa shape index (κ1) is 32.7. The smallest absolute Gasteiger partial charge is 0.227 e. The van der Waals surface area contributed by atoms with Crippen molar-refractivity contribution in [1.29, 1.82) is 0 Å². The van der Waals surface area contributed by atoms with Crippen molar-refractivity contribution in [2.75, 3.05) is 4.90 Å². The Kier molecular flexibility index (Phi) is 7.78. The van der Waals surface area contributed by atoms with Gasteiger partial charge in [-0.3, -0.25) is 0 Å². The van der Waals surface area contributed by atoms with E-state index in [1.54, 1.807) is 0 Å². The number of rotatable bonds is 7. The molecule has 4 heteroatoms. The largest absolute Gasteiger partial charge is 0.435 e. The number of hydrogen-bond donors (Lipinski definition) is 0. The second kappa shape index (κ2) is 13.6. The average molecular weight is 730 g/mol. The SMILES string of the molecule is c1ccc(-c2cccc(N(c3ccc(-c4cc5ccccc5c5nc(-c6ccccc6)oc45)cc3)c3ccc(-n4c5ccccc5c5ccccc54)cc3)c2)cc1. The lowest BCUT2D eigenvalue weighted by molar-refractivity contribution is 0.621. The van der Waals surface area contributed by atoms with Crippen LogP contribution in [0, 0.1) is 0 Å². The Bertz CT molecular complexity index is 3160. The highest BCUT2D eigenvalue weighted by atomic mass is 16.3. The molecule has 0 aliphatic heterocycles. The first-order valence-electron chi connectivity index (χ1n) is 19.3. The zero-order valence-corrected chi connectivity index (χ0v) is 31.0. The fourth-order valence-electron chi connectivity index (χ4n) is 8.31. The maximum absolute atomic E-state index is 6.59. The molecule has 2 heterocycles. The van der Waals surface area contributed by atoms with Gasteiger partial charge in [0.05, 0.1) is 11.0 Å². The average Bonchev–Trinajstić information content (AvgIpc) is 3.89. The van der Waals surface area contributed by atoms with Gasteiger partial charge in [-0.05, 0) is 101 Å². The topological polar surface area (TPSA) is 34.2 Å². The van der Waals surface area contributed by atoms with Crippen LogP contribution >= 0.6 is 0 Å². The number of anilines is 3. The molecule has 0 unspecified atom stereocenters. The molecule has 0 N–H and O–H groups in total. The van der Waals surface area contributed by atoms with Crippen molar-refractivity contribution in [3.63, 3.8) is 0 Å². The summed E-state index contributed by atoms with van der Waals surface area (Å²) in [6.45, 7) is 0. The highest BCUT2D eigenvalue weighted by Gasteiger charge is 2.19. The van der Waals surface area contributed by atoms with Crippen LogP contribution in [-0.2, 0) is 0 Å². The summed E-state index contributed by atoms with van der Waals surface area (Å²) in [5.74, 6) is 0.619. The number of benzene rings is 9. The van der Waals surface area contributed by atoms with Crippen LogP contribution < -0.4 is 4.90 Å². The van der Waals surface area contributed by atoms with Crippen LogP contribution in [0.15, 0.2) is 217 Å². The Balaban J connectivity index is 1.04. The number of oxazole rings is 1. The van der Waals surface area contributed by atoms with Crippen molar-refractivity contribution in [2.24, 2.45) is 0 Å². The quantitative estimate of drug-likeness (QED) is 0.164. The standard InChI is InChI=1S/C53H35N3O/c1-3-14-36(15-4-1)39-19-13-20-44(34-39)55(42-30-32-43(33-31-42)56-49-24-11-9-22-46(49)47-23-10-12-25-50(47)56)41-28-26-37(27-29-41)48-35-40-18-7-8-21-45(40)51-52(48)57-53(54-51)38-16-5-2-6-17-38/h1-35H. The van der Waals surface area contributed by atoms with Crippen molar-refractivity contribution < 1.29 is 4.42 Å². The van der Waals surface area contributed by atoms with Gasteiger partial charge in [0.25, 0.3) is 0 Å². The van der Waals surface area contributed by atoms with E-state index in [9.17, 15) is 0 Å². The molecular weight excluding hydrogens is 695 g/mol. The van der Waals surface area contributed by atoms with Crippen molar-refractivity contribution in [3.05, 3.63) is 212 Å². The van der Waals surface area contributed by atoms with E-state index in [4.69, 9.17) is 9.40 Å². The highest BCUT2D eigenvalue weighted by molar-refractivity contribution is 6.11. The third-order valence-corrected chi connectivity index (χ3v) is 11.0. The molecule has 9 aromatic carbocycles. The molecule has 0 radical (unpaired) electrons. The van der Waals surface area contributed by atoms with Crippen molar-refractivity contribution in [1.82, 2.24) is 9.55 Å². The molecule has 0 saturated heterocycles. The Hall–Kier alpha value is -7.69. The van der Waals surface area contributed by atoms with Gasteiger partial charge in [-0.15, -0.1) is 0 Å². The number of nitrogens with zero attached hydrogens (tertiary/aromatic N) is 3. The number of aromatic nitrogens is 2. The lowest BCUT2D eigenvalue weighted by Crippen LogP contribution is -2.10. The van der Waals surface area contributed by atoms with E-state index in [2.05, 4.69) is 191 Å². The van der Waals surface area contributed by atoms with Gasteiger partial charge < -0.3 is 13.9 Å². The second-order valence-electron chi connectivity index (χ2n) is 14.4. The lowest BCUT2D eigenvalue weighted by Gasteiger charge is -2.26. The lowest BCUT2D eigenvalue weighted by atomic mass is 9.99. The van der Waals surface area contributed by atoms with Gasteiger partial charge in [0.1, 0.15) is 5.52 Å². The minimum atomic E-state index is 0.619. The molecular formula is C53H35N3O. The fraction of sp³-hybridized carbons (Fsp3) is 0. The molecule has 11 aromatic rings. The molecule has 0 spiro atoms. The van der Waals surface area contributed by atoms with Crippen LogP contribution in [0.3, 0.4) is 0 Å². The maximum atomic E-state index is 6.59. The van der Waals surface area contributed by atoms with Gasteiger partial charge in [0.2, 0.25) is 5.89 Å². The Morgan fingerprint density at radius 1 is 0.404 bits per heavy atom. The molecule has 11 rings (SSSR count). The number of hydrogen-bond acceptors (Lipinski definition) is 3. The molecule has 2 aromatic heterocycles. The molecule has 268 valence electrons. The van der Waals surface area contributed by atoms with Crippen molar-refractivity contribution in [2.45, 2.75) is 0 Å². The molecule has 0 fully saturated rings. The van der Waals surface area contributed by atoms with Crippen molar-refractivity contribution in [3.8, 4) is 39.4 Å². The Labute approximate surface area is 330 Å². The summed E-state index contributed by atoms with van der Waals surface area (Å²) in [6, 6.07) is 75.1. The van der Waals surface area contributed by atoms with Gasteiger partial charge >= 0.3 is 0 Å².